The molecule has 1 aliphatic carbocycles. The van der Waals surface area contributed by atoms with Gasteiger partial charge in [0.2, 0.25) is 0 Å². The Bertz CT molecular complexity index is 452. The van der Waals surface area contributed by atoms with Crippen LogP contribution in [0.3, 0.4) is 0 Å². The van der Waals surface area contributed by atoms with Crippen LogP contribution in [0.1, 0.15) is 37.8 Å². The molecule has 0 unspecified atom stereocenters. The van der Waals surface area contributed by atoms with Crippen LogP contribution in [0.2, 0.25) is 0 Å². The number of hydrogen-bond acceptors (Lipinski definition) is 3. The van der Waals surface area contributed by atoms with Crippen molar-refractivity contribution in [1.29, 1.82) is 0 Å². The van der Waals surface area contributed by atoms with Gasteiger partial charge in [0, 0.05) is 19.1 Å². The molecule has 1 N–H and O–H groups in total. The van der Waals surface area contributed by atoms with Crippen molar-refractivity contribution < 1.29 is 0 Å². The van der Waals surface area contributed by atoms with Crippen molar-refractivity contribution >= 4 is 15.9 Å². The maximum atomic E-state index is 11.9. The van der Waals surface area contributed by atoms with E-state index in [2.05, 4.69) is 26.2 Å². The van der Waals surface area contributed by atoms with E-state index in [-0.39, 0.29) is 5.56 Å². The molecule has 100 valence electrons. The van der Waals surface area contributed by atoms with Crippen molar-refractivity contribution in [2.75, 3.05) is 6.54 Å². The van der Waals surface area contributed by atoms with E-state index in [1.165, 1.54) is 32.1 Å². The van der Waals surface area contributed by atoms with E-state index >= 15 is 0 Å². The van der Waals surface area contributed by atoms with Gasteiger partial charge < -0.3 is 5.32 Å². The van der Waals surface area contributed by atoms with Crippen LogP contribution in [0, 0.1) is 6.92 Å². The third kappa shape index (κ3) is 3.42. The van der Waals surface area contributed by atoms with Crippen LogP contribution in [0.15, 0.2) is 15.6 Å². The molecule has 4 nitrogen and oxygen atoms in total. The molecule has 0 amide bonds. The fourth-order valence-corrected chi connectivity index (χ4v) is 2.73. The summed E-state index contributed by atoms with van der Waals surface area (Å²) < 4.78 is 2.23. The molecule has 0 aromatic carbocycles. The van der Waals surface area contributed by atoms with Crippen LogP contribution >= 0.6 is 15.9 Å². The Morgan fingerprint density at radius 3 is 2.89 bits per heavy atom. The summed E-state index contributed by atoms with van der Waals surface area (Å²) in [5.41, 5.74) is 0.754. The standard InChI is InChI=1S/C13H20BrN3O/c1-10-12(14)13(18)17(9-16-10)8-7-15-11-5-3-2-4-6-11/h9,11,15H,2-8H2,1H3. The second kappa shape index (κ2) is 6.48. The van der Waals surface area contributed by atoms with Crippen LogP contribution in [0.5, 0.6) is 0 Å². The molecule has 0 radical (unpaired) electrons. The van der Waals surface area contributed by atoms with Crippen molar-refractivity contribution in [3.63, 3.8) is 0 Å². The molecule has 0 bridgehead atoms. The van der Waals surface area contributed by atoms with Crippen molar-refractivity contribution in [3.05, 3.63) is 26.8 Å². The van der Waals surface area contributed by atoms with E-state index in [4.69, 9.17) is 0 Å². The van der Waals surface area contributed by atoms with E-state index in [9.17, 15) is 4.79 Å². The first kappa shape index (κ1) is 13.7. The lowest BCUT2D eigenvalue weighted by atomic mass is 9.95. The molecule has 1 aromatic heterocycles. The van der Waals surface area contributed by atoms with Crippen LogP contribution in [-0.4, -0.2) is 22.1 Å². The lowest BCUT2D eigenvalue weighted by molar-refractivity contribution is 0.366. The SMILES string of the molecule is Cc1ncn(CCNC2CCCCC2)c(=O)c1Br. The highest BCUT2D eigenvalue weighted by Crippen LogP contribution is 2.17. The van der Waals surface area contributed by atoms with Gasteiger partial charge in [0.05, 0.1) is 12.0 Å². The average molecular weight is 314 g/mol. The largest absolute Gasteiger partial charge is 0.312 e. The molecule has 0 spiro atoms. The molecule has 5 heteroatoms. The van der Waals surface area contributed by atoms with Crippen LogP contribution < -0.4 is 10.9 Å². The molecule has 1 aliphatic rings. The fourth-order valence-electron chi connectivity index (χ4n) is 2.40. The van der Waals surface area contributed by atoms with Crippen LogP contribution in [0.25, 0.3) is 0 Å². The monoisotopic (exact) mass is 313 g/mol. The van der Waals surface area contributed by atoms with E-state index in [0.29, 0.717) is 17.1 Å². The predicted molar refractivity (Wildman–Crippen MR) is 75.8 cm³/mol. The number of aromatic nitrogens is 2. The molecular formula is C13H20BrN3O. The van der Waals surface area contributed by atoms with Gasteiger partial charge in [-0.15, -0.1) is 0 Å². The smallest absolute Gasteiger partial charge is 0.267 e. The van der Waals surface area contributed by atoms with E-state index in [1.54, 1.807) is 10.9 Å². The quantitative estimate of drug-likeness (QED) is 0.927. The minimum Gasteiger partial charge on any atom is -0.312 e. The van der Waals surface area contributed by atoms with E-state index in [0.717, 1.165) is 12.2 Å². The molecule has 1 heterocycles. The molecule has 18 heavy (non-hydrogen) atoms. The fraction of sp³-hybridized carbons (Fsp3) is 0.692. The van der Waals surface area contributed by atoms with Gasteiger partial charge in [-0.25, -0.2) is 4.98 Å². The van der Waals surface area contributed by atoms with Gasteiger partial charge in [-0.1, -0.05) is 19.3 Å². The van der Waals surface area contributed by atoms with Crippen molar-refractivity contribution in [3.8, 4) is 0 Å². The second-order valence-electron chi connectivity index (χ2n) is 4.93. The highest BCUT2D eigenvalue weighted by molar-refractivity contribution is 9.10. The summed E-state index contributed by atoms with van der Waals surface area (Å²) >= 11 is 3.28. The minimum atomic E-state index is 0.00736. The maximum absolute atomic E-state index is 11.9. The Morgan fingerprint density at radius 2 is 2.17 bits per heavy atom. The minimum absolute atomic E-state index is 0.00736. The van der Waals surface area contributed by atoms with Crippen molar-refractivity contribution in [1.82, 2.24) is 14.9 Å². The van der Waals surface area contributed by atoms with Crippen molar-refractivity contribution in [2.45, 2.75) is 51.6 Å². The van der Waals surface area contributed by atoms with E-state index < -0.39 is 0 Å². The number of nitrogens with zero attached hydrogens (tertiary/aromatic N) is 2. The highest BCUT2D eigenvalue weighted by Gasteiger charge is 2.12. The zero-order valence-electron chi connectivity index (χ0n) is 10.8. The highest BCUT2D eigenvalue weighted by atomic mass is 79.9. The molecule has 0 saturated heterocycles. The topological polar surface area (TPSA) is 46.9 Å². The Labute approximate surface area is 116 Å². The van der Waals surface area contributed by atoms with Gasteiger partial charge in [-0.3, -0.25) is 9.36 Å². The summed E-state index contributed by atoms with van der Waals surface area (Å²) in [6.45, 7) is 3.35. The normalized spacial score (nSPS) is 17.0. The summed E-state index contributed by atoms with van der Waals surface area (Å²) in [6, 6.07) is 0.635. The molecule has 1 saturated carbocycles. The molecule has 1 aromatic rings. The summed E-state index contributed by atoms with van der Waals surface area (Å²) in [6.07, 6.45) is 8.19. The summed E-state index contributed by atoms with van der Waals surface area (Å²) in [7, 11) is 0. The number of rotatable bonds is 4. The zero-order valence-corrected chi connectivity index (χ0v) is 12.4. The van der Waals surface area contributed by atoms with Gasteiger partial charge in [0.25, 0.3) is 5.56 Å². The van der Waals surface area contributed by atoms with Gasteiger partial charge >= 0.3 is 0 Å². The zero-order chi connectivity index (χ0) is 13.0. The molecule has 2 rings (SSSR count). The Hall–Kier alpha value is -0.680. The molecule has 0 aliphatic heterocycles. The number of nitrogens with one attached hydrogen (secondary N) is 1. The predicted octanol–water partition coefficient (Wildman–Crippen LogP) is 2.24. The summed E-state index contributed by atoms with van der Waals surface area (Å²) in [4.78, 5) is 16.1. The van der Waals surface area contributed by atoms with Crippen molar-refractivity contribution in [2.24, 2.45) is 0 Å². The van der Waals surface area contributed by atoms with Gasteiger partial charge in [0.15, 0.2) is 0 Å². The Kier molecular flexibility index (Phi) is 4.95. The average Bonchev–Trinajstić information content (AvgIpc) is 2.40. The number of hydrogen-bond donors (Lipinski definition) is 1. The van der Waals surface area contributed by atoms with Gasteiger partial charge in [0.1, 0.15) is 4.47 Å². The lowest BCUT2D eigenvalue weighted by Crippen LogP contribution is -2.35. The third-order valence-electron chi connectivity index (χ3n) is 3.55. The maximum Gasteiger partial charge on any atom is 0.267 e. The second-order valence-corrected chi connectivity index (χ2v) is 5.72. The lowest BCUT2D eigenvalue weighted by Gasteiger charge is -2.22. The Morgan fingerprint density at radius 1 is 1.44 bits per heavy atom. The third-order valence-corrected chi connectivity index (χ3v) is 4.46. The summed E-state index contributed by atoms with van der Waals surface area (Å²) in [5.74, 6) is 0. The van der Waals surface area contributed by atoms with Crippen LogP contribution in [-0.2, 0) is 6.54 Å². The molecule has 0 atom stereocenters. The van der Waals surface area contributed by atoms with E-state index in [1.807, 2.05) is 6.92 Å². The first-order chi connectivity index (χ1) is 8.68. The number of halogens is 1. The van der Waals surface area contributed by atoms with Gasteiger partial charge in [-0.05, 0) is 35.7 Å². The summed E-state index contributed by atoms with van der Waals surface area (Å²) in [5, 5.41) is 3.53. The van der Waals surface area contributed by atoms with Crippen LogP contribution in [0.4, 0.5) is 0 Å². The number of aryl methyl sites for hydroxylation is 1. The Balaban J connectivity index is 1.86. The first-order valence-corrected chi connectivity index (χ1v) is 7.42. The van der Waals surface area contributed by atoms with Gasteiger partial charge in [-0.2, -0.15) is 0 Å². The molecule has 1 fully saturated rings. The molecular weight excluding hydrogens is 294 g/mol. The first-order valence-electron chi connectivity index (χ1n) is 6.63.